The number of benzene rings is 1. The maximum atomic E-state index is 12.9. The summed E-state index contributed by atoms with van der Waals surface area (Å²) in [6, 6.07) is 11.8. The smallest absolute Gasteiger partial charge is 0.255 e. The third kappa shape index (κ3) is 3.52. The van der Waals surface area contributed by atoms with Gasteiger partial charge in [-0.25, -0.2) is 0 Å². The van der Waals surface area contributed by atoms with Crippen molar-refractivity contribution in [3.05, 3.63) is 59.9 Å². The van der Waals surface area contributed by atoms with E-state index in [1.165, 1.54) is 12.0 Å². The minimum absolute atomic E-state index is 0.0702. The molecule has 1 aliphatic heterocycles. The Morgan fingerprint density at radius 1 is 1.17 bits per heavy atom. The average molecular weight is 310 g/mol. The fraction of sp³-hybridized carbons (Fsp3) is 0.368. The predicted molar refractivity (Wildman–Crippen MR) is 89.5 cm³/mol. The molecule has 23 heavy (non-hydrogen) atoms. The highest BCUT2D eigenvalue weighted by molar-refractivity contribution is 5.94. The summed E-state index contributed by atoms with van der Waals surface area (Å²) in [5.41, 5.74) is 1.83. The van der Waals surface area contributed by atoms with E-state index in [-0.39, 0.29) is 11.9 Å². The molecular formula is C19H22N2O2. The van der Waals surface area contributed by atoms with Crippen LogP contribution in [0.3, 0.4) is 0 Å². The molecular weight excluding hydrogens is 288 g/mol. The zero-order chi connectivity index (χ0) is 16.1. The largest absolute Gasteiger partial charge is 0.497 e. The third-order valence-corrected chi connectivity index (χ3v) is 4.42. The maximum absolute atomic E-state index is 12.9. The Hall–Kier alpha value is -2.36. The number of hydrogen-bond donors (Lipinski definition) is 0. The quantitative estimate of drug-likeness (QED) is 0.865. The van der Waals surface area contributed by atoms with Crippen LogP contribution in [0.25, 0.3) is 0 Å². The fourth-order valence-corrected chi connectivity index (χ4v) is 3.18. The van der Waals surface area contributed by atoms with Crippen molar-refractivity contribution in [3.63, 3.8) is 0 Å². The number of likely N-dealkylation sites (tertiary alicyclic amines) is 1. The lowest BCUT2D eigenvalue weighted by molar-refractivity contribution is 0.0680. The molecule has 0 spiro atoms. The molecule has 2 heterocycles. The van der Waals surface area contributed by atoms with E-state index in [1.807, 2.05) is 29.2 Å². The first-order valence-electron chi connectivity index (χ1n) is 8.14. The van der Waals surface area contributed by atoms with Crippen LogP contribution in [0.2, 0.25) is 0 Å². The maximum Gasteiger partial charge on any atom is 0.255 e. The Kier molecular flexibility index (Phi) is 4.91. The molecule has 1 fully saturated rings. The van der Waals surface area contributed by atoms with E-state index in [2.05, 4.69) is 17.1 Å². The van der Waals surface area contributed by atoms with E-state index in [4.69, 9.17) is 4.74 Å². The number of methoxy groups -OCH3 is 1. The second kappa shape index (κ2) is 7.27. The number of hydrogen-bond acceptors (Lipinski definition) is 3. The molecule has 2 aromatic rings. The molecule has 1 saturated heterocycles. The summed E-state index contributed by atoms with van der Waals surface area (Å²) in [7, 11) is 1.67. The number of carbonyl (C=O) groups excluding carboxylic acids is 1. The number of amides is 1. The molecule has 0 radical (unpaired) electrons. The highest BCUT2D eigenvalue weighted by atomic mass is 16.5. The van der Waals surface area contributed by atoms with E-state index < -0.39 is 0 Å². The van der Waals surface area contributed by atoms with Crippen molar-refractivity contribution in [2.75, 3.05) is 13.7 Å². The standard InChI is InChI=1S/C19H22N2O2/c1-23-17-10-8-15(9-11-17)18-7-3-2-4-13-21(18)19(22)16-6-5-12-20-14-16/h5-6,8-12,14,18H,2-4,7,13H2,1H3. The minimum atomic E-state index is 0.0702. The van der Waals surface area contributed by atoms with Crippen molar-refractivity contribution in [1.29, 1.82) is 0 Å². The lowest BCUT2D eigenvalue weighted by atomic mass is 10.00. The van der Waals surface area contributed by atoms with Crippen molar-refractivity contribution >= 4 is 5.91 Å². The normalized spacial score (nSPS) is 18.3. The molecule has 1 amide bonds. The van der Waals surface area contributed by atoms with Gasteiger partial charge in [0.1, 0.15) is 5.75 Å². The van der Waals surface area contributed by atoms with Crippen LogP contribution in [0, 0.1) is 0 Å². The molecule has 1 aromatic carbocycles. The second-order valence-corrected chi connectivity index (χ2v) is 5.88. The Labute approximate surface area is 137 Å². The summed E-state index contributed by atoms with van der Waals surface area (Å²) in [5, 5.41) is 0. The zero-order valence-electron chi connectivity index (χ0n) is 13.4. The summed E-state index contributed by atoms with van der Waals surface area (Å²) >= 11 is 0. The van der Waals surface area contributed by atoms with Gasteiger partial charge in [-0.1, -0.05) is 25.0 Å². The zero-order valence-corrected chi connectivity index (χ0v) is 13.4. The van der Waals surface area contributed by atoms with Gasteiger partial charge in [-0.2, -0.15) is 0 Å². The van der Waals surface area contributed by atoms with Gasteiger partial charge in [-0.15, -0.1) is 0 Å². The van der Waals surface area contributed by atoms with Crippen LogP contribution in [0.4, 0.5) is 0 Å². The molecule has 4 nitrogen and oxygen atoms in total. The molecule has 1 aliphatic rings. The van der Waals surface area contributed by atoms with Gasteiger partial charge in [0.25, 0.3) is 5.91 Å². The molecule has 0 saturated carbocycles. The van der Waals surface area contributed by atoms with Crippen LogP contribution >= 0.6 is 0 Å². The number of pyridine rings is 1. The average Bonchev–Trinajstić information content (AvgIpc) is 2.88. The number of aromatic nitrogens is 1. The Morgan fingerprint density at radius 2 is 2.00 bits per heavy atom. The van der Waals surface area contributed by atoms with Gasteiger partial charge in [0.2, 0.25) is 0 Å². The second-order valence-electron chi connectivity index (χ2n) is 5.88. The van der Waals surface area contributed by atoms with Crippen molar-refractivity contribution in [2.24, 2.45) is 0 Å². The molecule has 1 aromatic heterocycles. The first kappa shape index (κ1) is 15.5. The number of nitrogens with zero attached hydrogens (tertiary/aromatic N) is 2. The highest BCUT2D eigenvalue weighted by Gasteiger charge is 2.27. The van der Waals surface area contributed by atoms with Gasteiger partial charge in [0, 0.05) is 18.9 Å². The number of carbonyl (C=O) groups is 1. The van der Waals surface area contributed by atoms with E-state index in [1.54, 1.807) is 19.5 Å². The summed E-state index contributed by atoms with van der Waals surface area (Å²) < 4.78 is 5.24. The first-order valence-corrected chi connectivity index (χ1v) is 8.14. The van der Waals surface area contributed by atoms with Gasteiger partial charge in [0.15, 0.2) is 0 Å². The lowest BCUT2D eigenvalue weighted by Gasteiger charge is -2.30. The molecule has 0 N–H and O–H groups in total. The number of ether oxygens (including phenoxy) is 1. The Balaban J connectivity index is 1.89. The van der Waals surface area contributed by atoms with Gasteiger partial charge >= 0.3 is 0 Å². The van der Waals surface area contributed by atoms with Gasteiger partial charge in [-0.3, -0.25) is 9.78 Å². The molecule has 0 bridgehead atoms. The Morgan fingerprint density at radius 3 is 2.70 bits per heavy atom. The predicted octanol–water partition coefficient (Wildman–Crippen LogP) is 3.85. The van der Waals surface area contributed by atoms with Gasteiger partial charge in [-0.05, 0) is 42.7 Å². The molecule has 1 atom stereocenters. The first-order chi connectivity index (χ1) is 11.3. The van der Waals surface area contributed by atoms with E-state index in [0.717, 1.165) is 31.6 Å². The van der Waals surface area contributed by atoms with Crippen LogP contribution < -0.4 is 4.74 Å². The summed E-state index contributed by atoms with van der Waals surface area (Å²) in [5.74, 6) is 0.910. The van der Waals surface area contributed by atoms with Crippen LogP contribution in [0.5, 0.6) is 5.75 Å². The monoisotopic (exact) mass is 310 g/mol. The Bertz CT molecular complexity index is 640. The minimum Gasteiger partial charge on any atom is -0.497 e. The lowest BCUT2D eigenvalue weighted by Crippen LogP contribution is -2.34. The van der Waals surface area contributed by atoms with Gasteiger partial charge < -0.3 is 9.64 Å². The number of rotatable bonds is 3. The van der Waals surface area contributed by atoms with E-state index in [9.17, 15) is 4.79 Å². The molecule has 0 aliphatic carbocycles. The van der Waals surface area contributed by atoms with Crippen molar-refractivity contribution in [3.8, 4) is 5.75 Å². The van der Waals surface area contributed by atoms with Crippen molar-refractivity contribution < 1.29 is 9.53 Å². The van der Waals surface area contributed by atoms with Crippen LogP contribution in [0.1, 0.15) is 47.6 Å². The van der Waals surface area contributed by atoms with E-state index in [0.29, 0.717) is 5.56 Å². The fourth-order valence-electron chi connectivity index (χ4n) is 3.18. The van der Waals surface area contributed by atoms with Crippen LogP contribution in [-0.2, 0) is 0 Å². The highest BCUT2D eigenvalue weighted by Crippen LogP contribution is 2.32. The molecule has 120 valence electrons. The third-order valence-electron chi connectivity index (χ3n) is 4.42. The molecule has 4 heteroatoms. The van der Waals surface area contributed by atoms with E-state index >= 15 is 0 Å². The summed E-state index contributed by atoms with van der Waals surface area (Å²) in [6.07, 6.45) is 7.71. The molecule has 1 unspecified atom stereocenters. The molecule has 3 rings (SSSR count). The summed E-state index contributed by atoms with van der Waals surface area (Å²) in [6.45, 7) is 0.796. The van der Waals surface area contributed by atoms with Crippen LogP contribution in [0.15, 0.2) is 48.8 Å². The van der Waals surface area contributed by atoms with Crippen LogP contribution in [-0.4, -0.2) is 29.4 Å². The topological polar surface area (TPSA) is 42.4 Å². The SMILES string of the molecule is COc1ccc(C2CCCCCN2C(=O)c2cccnc2)cc1. The summed E-state index contributed by atoms with van der Waals surface area (Å²) in [4.78, 5) is 19.0. The van der Waals surface area contributed by atoms with Crippen molar-refractivity contribution in [1.82, 2.24) is 9.88 Å². The van der Waals surface area contributed by atoms with Gasteiger partial charge in [0.05, 0.1) is 18.7 Å². The van der Waals surface area contributed by atoms with Crippen molar-refractivity contribution in [2.45, 2.75) is 31.7 Å².